The van der Waals surface area contributed by atoms with Crippen LogP contribution in [-0.2, 0) is 12.6 Å². The van der Waals surface area contributed by atoms with Crippen molar-refractivity contribution in [2.24, 2.45) is 4.99 Å². The van der Waals surface area contributed by atoms with Gasteiger partial charge in [0.15, 0.2) is 0 Å². The molecule has 0 spiro atoms. The van der Waals surface area contributed by atoms with Gasteiger partial charge in [-0.05, 0) is 80.6 Å². The Hall–Kier alpha value is -3.46. The minimum atomic E-state index is -4.36. The second kappa shape index (κ2) is 10.5. The molecule has 3 aromatic rings. The number of benzene rings is 2. The summed E-state index contributed by atoms with van der Waals surface area (Å²) >= 11 is 0. The van der Waals surface area contributed by atoms with Crippen molar-refractivity contribution in [3.8, 4) is 0 Å². The fraction of sp³-hybridized carbons (Fsp3) is 0.393. The number of aromatic nitrogens is 2. The quantitative estimate of drug-likeness (QED) is 0.476. The SMILES string of the molecule is CC1CC(c2n[nH]c3ccc(C(=O)NC4CCCN(CCc5ccccc5C(F)(F)F)C4)cc23)=CC=N1. The summed E-state index contributed by atoms with van der Waals surface area (Å²) in [7, 11) is 0. The summed E-state index contributed by atoms with van der Waals surface area (Å²) in [5.41, 5.74) is 3.08. The van der Waals surface area contributed by atoms with E-state index in [1.165, 1.54) is 6.07 Å². The highest BCUT2D eigenvalue weighted by molar-refractivity contribution is 6.01. The lowest BCUT2D eigenvalue weighted by Gasteiger charge is -2.33. The summed E-state index contributed by atoms with van der Waals surface area (Å²) in [6.07, 6.45) is 2.23. The van der Waals surface area contributed by atoms with Crippen molar-refractivity contribution < 1.29 is 18.0 Å². The fourth-order valence-corrected chi connectivity index (χ4v) is 5.23. The van der Waals surface area contributed by atoms with Gasteiger partial charge >= 0.3 is 6.18 Å². The first kappa shape index (κ1) is 25.2. The molecule has 6 nitrogen and oxygen atoms in total. The number of fused-ring (bicyclic) bond motifs is 1. The number of aromatic amines is 1. The molecular formula is C28H30F3N5O. The first-order valence-corrected chi connectivity index (χ1v) is 12.7. The largest absolute Gasteiger partial charge is 0.416 e. The molecule has 1 saturated heterocycles. The maximum Gasteiger partial charge on any atom is 0.416 e. The third-order valence-corrected chi connectivity index (χ3v) is 7.12. The maximum absolute atomic E-state index is 13.3. The minimum Gasteiger partial charge on any atom is -0.348 e. The van der Waals surface area contributed by atoms with Gasteiger partial charge in [0, 0.05) is 36.3 Å². The molecule has 2 unspecified atom stereocenters. The standard InChI is InChI=1S/C28H30F3N5O/c1-18-15-20(10-12-32-18)26-23-16-21(8-9-25(23)34-35-26)27(37)33-22-6-4-13-36(17-22)14-11-19-5-2-3-7-24(19)28(29,30)31/h2-3,5,7-10,12,16,18,22H,4,6,11,13-15,17H2,1H3,(H,33,37)(H,34,35). The second-order valence-corrected chi connectivity index (χ2v) is 9.89. The number of likely N-dealkylation sites (tertiary alicyclic amines) is 1. The number of nitrogens with one attached hydrogen (secondary N) is 2. The van der Waals surface area contributed by atoms with Crippen LogP contribution in [0.15, 0.2) is 53.5 Å². The number of carbonyl (C=O) groups is 1. The Morgan fingerprint density at radius 2 is 2.05 bits per heavy atom. The molecular weight excluding hydrogens is 479 g/mol. The van der Waals surface area contributed by atoms with E-state index in [0.717, 1.165) is 54.0 Å². The van der Waals surface area contributed by atoms with E-state index in [2.05, 4.69) is 32.3 Å². The van der Waals surface area contributed by atoms with E-state index in [1.54, 1.807) is 24.4 Å². The highest BCUT2D eigenvalue weighted by Gasteiger charge is 2.33. The Bertz CT molecular complexity index is 1340. The molecule has 37 heavy (non-hydrogen) atoms. The molecule has 0 bridgehead atoms. The number of hydrogen-bond donors (Lipinski definition) is 2. The van der Waals surface area contributed by atoms with Gasteiger partial charge in [0.2, 0.25) is 0 Å². The van der Waals surface area contributed by atoms with Gasteiger partial charge in [-0.3, -0.25) is 14.9 Å². The van der Waals surface area contributed by atoms with Crippen LogP contribution in [0.3, 0.4) is 0 Å². The summed E-state index contributed by atoms with van der Waals surface area (Å²) in [5, 5.41) is 11.6. The molecule has 3 heterocycles. The van der Waals surface area contributed by atoms with Crippen molar-refractivity contribution in [1.82, 2.24) is 20.4 Å². The number of nitrogens with zero attached hydrogens (tertiary/aromatic N) is 3. The van der Waals surface area contributed by atoms with Crippen molar-refractivity contribution >= 4 is 28.6 Å². The number of carbonyl (C=O) groups excluding carboxylic acids is 1. The molecule has 0 aliphatic carbocycles. The third kappa shape index (κ3) is 5.77. The normalized spacial score (nSPS) is 20.7. The zero-order valence-electron chi connectivity index (χ0n) is 20.7. The van der Waals surface area contributed by atoms with E-state index in [9.17, 15) is 18.0 Å². The van der Waals surface area contributed by atoms with Crippen LogP contribution in [0.1, 0.15) is 53.4 Å². The monoisotopic (exact) mass is 509 g/mol. The highest BCUT2D eigenvalue weighted by atomic mass is 19.4. The Morgan fingerprint density at radius 3 is 2.86 bits per heavy atom. The molecule has 194 valence electrons. The van der Waals surface area contributed by atoms with E-state index >= 15 is 0 Å². The molecule has 1 fully saturated rings. The summed E-state index contributed by atoms with van der Waals surface area (Å²) in [6.45, 7) is 3.99. The van der Waals surface area contributed by atoms with Gasteiger partial charge in [-0.25, -0.2) is 0 Å². The molecule has 2 atom stereocenters. The maximum atomic E-state index is 13.3. The molecule has 2 aromatic carbocycles. The van der Waals surface area contributed by atoms with E-state index in [-0.39, 0.29) is 18.0 Å². The second-order valence-electron chi connectivity index (χ2n) is 9.89. The number of hydrogen-bond acceptors (Lipinski definition) is 4. The first-order valence-electron chi connectivity index (χ1n) is 12.7. The lowest BCUT2D eigenvalue weighted by molar-refractivity contribution is -0.138. The Labute approximate surface area is 213 Å². The number of amides is 1. The van der Waals surface area contributed by atoms with E-state index in [4.69, 9.17) is 0 Å². The van der Waals surface area contributed by atoms with Gasteiger partial charge in [0.1, 0.15) is 0 Å². The smallest absolute Gasteiger partial charge is 0.348 e. The van der Waals surface area contributed by atoms with E-state index < -0.39 is 11.7 Å². The Kier molecular flexibility index (Phi) is 7.15. The number of aliphatic imine (C=N–C) groups is 1. The number of alkyl halides is 3. The number of allylic oxidation sites excluding steroid dienone is 1. The molecule has 0 radical (unpaired) electrons. The summed E-state index contributed by atoms with van der Waals surface area (Å²) in [5.74, 6) is -0.157. The lowest BCUT2D eigenvalue weighted by Crippen LogP contribution is -2.48. The topological polar surface area (TPSA) is 73.4 Å². The third-order valence-electron chi connectivity index (χ3n) is 7.12. The van der Waals surface area contributed by atoms with Gasteiger partial charge < -0.3 is 10.2 Å². The van der Waals surface area contributed by atoms with Gasteiger partial charge in [-0.15, -0.1) is 0 Å². The van der Waals surface area contributed by atoms with Crippen LogP contribution in [0.2, 0.25) is 0 Å². The lowest BCUT2D eigenvalue weighted by atomic mass is 9.98. The van der Waals surface area contributed by atoms with Crippen LogP contribution >= 0.6 is 0 Å². The highest BCUT2D eigenvalue weighted by Crippen LogP contribution is 2.32. The van der Waals surface area contributed by atoms with E-state index in [0.29, 0.717) is 30.6 Å². The molecule has 2 N–H and O–H groups in total. The average Bonchev–Trinajstić information content (AvgIpc) is 3.31. The van der Waals surface area contributed by atoms with Crippen LogP contribution in [0.5, 0.6) is 0 Å². The minimum absolute atomic E-state index is 0.0586. The number of piperidine rings is 1. The number of rotatable bonds is 6. The zero-order chi connectivity index (χ0) is 26.0. The van der Waals surface area contributed by atoms with Gasteiger partial charge in [0.25, 0.3) is 5.91 Å². The van der Waals surface area contributed by atoms with Crippen molar-refractivity contribution in [1.29, 1.82) is 0 Å². The molecule has 2 aliphatic rings. The van der Waals surface area contributed by atoms with Crippen LogP contribution in [0, 0.1) is 0 Å². The van der Waals surface area contributed by atoms with Crippen LogP contribution in [-0.4, -0.2) is 58.9 Å². The molecule has 9 heteroatoms. The van der Waals surface area contributed by atoms with Crippen LogP contribution < -0.4 is 5.32 Å². The van der Waals surface area contributed by atoms with Crippen molar-refractivity contribution in [2.75, 3.05) is 19.6 Å². The molecule has 1 amide bonds. The summed E-state index contributed by atoms with van der Waals surface area (Å²) < 4.78 is 40.0. The molecule has 1 aromatic heterocycles. The molecule has 5 rings (SSSR count). The fourth-order valence-electron chi connectivity index (χ4n) is 5.23. The number of dihydropyridines is 1. The van der Waals surface area contributed by atoms with Crippen molar-refractivity contribution in [3.63, 3.8) is 0 Å². The number of H-pyrrole nitrogens is 1. The predicted molar refractivity (Wildman–Crippen MR) is 139 cm³/mol. The van der Waals surface area contributed by atoms with Crippen molar-refractivity contribution in [2.45, 2.75) is 50.9 Å². The molecule has 2 aliphatic heterocycles. The van der Waals surface area contributed by atoms with Crippen molar-refractivity contribution in [3.05, 3.63) is 70.9 Å². The summed E-state index contributed by atoms with van der Waals surface area (Å²) in [6, 6.07) is 11.4. The average molecular weight is 510 g/mol. The zero-order valence-corrected chi connectivity index (χ0v) is 20.7. The van der Waals surface area contributed by atoms with Gasteiger partial charge in [0.05, 0.1) is 22.8 Å². The van der Waals surface area contributed by atoms with Gasteiger partial charge in [-0.2, -0.15) is 18.3 Å². The predicted octanol–water partition coefficient (Wildman–Crippen LogP) is 5.27. The number of halogens is 3. The Balaban J connectivity index is 1.23. The Morgan fingerprint density at radius 1 is 1.22 bits per heavy atom. The van der Waals surface area contributed by atoms with Crippen LogP contribution in [0.25, 0.3) is 16.5 Å². The van der Waals surface area contributed by atoms with Gasteiger partial charge in [-0.1, -0.05) is 18.2 Å². The van der Waals surface area contributed by atoms with Crippen LogP contribution in [0.4, 0.5) is 13.2 Å². The van der Waals surface area contributed by atoms with E-state index in [1.807, 2.05) is 18.2 Å². The first-order chi connectivity index (χ1) is 17.8. The molecule has 0 saturated carbocycles. The summed E-state index contributed by atoms with van der Waals surface area (Å²) in [4.78, 5) is 19.6.